The molecule has 9 heteroatoms. The smallest absolute Gasteiger partial charge is 0.218 e. The fourth-order valence-electron chi connectivity index (χ4n) is 1.76. The maximum absolute atomic E-state index is 10.8. The number of amidine groups is 1. The summed E-state index contributed by atoms with van der Waals surface area (Å²) in [5.74, 6) is 0.134. The molecule has 1 heterocycles. The molecule has 0 bridgehead atoms. The van der Waals surface area contributed by atoms with Crippen molar-refractivity contribution >= 4 is 29.2 Å². The number of anilines is 1. The largest absolute Gasteiger partial charge is 0.409 e. The molecule has 0 aliphatic rings. The van der Waals surface area contributed by atoms with Crippen molar-refractivity contribution in [2.24, 2.45) is 10.9 Å². The number of benzene rings is 1. The van der Waals surface area contributed by atoms with E-state index < -0.39 is 5.91 Å². The third-order valence-corrected chi connectivity index (χ3v) is 4.09. The van der Waals surface area contributed by atoms with Crippen molar-refractivity contribution in [2.45, 2.75) is 25.3 Å². The minimum absolute atomic E-state index is 0.107. The third-order valence-electron chi connectivity index (χ3n) is 3.14. The van der Waals surface area contributed by atoms with E-state index in [1.165, 1.54) is 11.8 Å². The summed E-state index contributed by atoms with van der Waals surface area (Å²) in [5.41, 5.74) is 8.36. The zero-order valence-electron chi connectivity index (χ0n) is 12.7. The Hall–Kier alpha value is -2.55. The Morgan fingerprint density at radius 3 is 2.83 bits per heavy atom. The summed E-state index contributed by atoms with van der Waals surface area (Å²) < 4.78 is 4.70. The maximum Gasteiger partial charge on any atom is 0.218 e. The van der Waals surface area contributed by atoms with Crippen LogP contribution in [0.4, 0.5) is 5.69 Å². The van der Waals surface area contributed by atoms with Crippen LogP contribution in [0.2, 0.25) is 0 Å². The number of hydrogen-bond acceptors (Lipinski definition) is 7. The van der Waals surface area contributed by atoms with E-state index in [1.54, 1.807) is 0 Å². The minimum atomic E-state index is -0.403. The van der Waals surface area contributed by atoms with Crippen LogP contribution < -0.4 is 11.1 Å². The number of rotatable bonds is 6. The molecule has 0 saturated carbocycles. The van der Waals surface area contributed by atoms with Gasteiger partial charge in [0.15, 0.2) is 10.7 Å². The summed E-state index contributed by atoms with van der Waals surface area (Å²) in [4.78, 5) is 10.8. The molecule has 0 saturated heterocycles. The van der Waals surface area contributed by atoms with Crippen LogP contribution in [-0.4, -0.2) is 33.0 Å². The van der Waals surface area contributed by atoms with E-state index in [1.807, 2.05) is 32.0 Å². The number of nitrogens with zero attached hydrogens (tertiary/aromatic N) is 3. The van der Waals surface area contributed by atoms with E-state index in [9.17, 15) is 10.0 Å². The fourth-order valence-corrected chi connectivity index (χ4v) is 2.61. The first-order valence-electron chi connectivity index (χ1n) is 6.81. The van der Waals surface area contributed by atoms with Crippen LogP contribution in [0, 0.1) is 13.8 Å². The van der Waals surface area contributed by atoms with Crippen molar-refractivity contribution in [3.63, 3.8) is 0 Å². The highest BCUT2D eigenvalue weighted by Gasteiger charge is 2.18. The van der Waals surface area contributed by atoms with Crippen LogP contribution >= 0.6 is 11.8 Å². The number of carbonyl (C=O) groups excluding carboxylic acids is 1. The molecule has 2 rings (SSSR count). The van der Waals surface area contributed by atoms with Gasteiger partial charge in [0.05, 0.1) is 0 Å². The van der Waals surface area contributed by atoms with Gasteiger partial charge in [-0.3, -0.25) is 4.79 Å². The van der Waals surface area contributed by atoms with Gasteiger partial charge in [-0.05, 0) is 47.4 Å². The molecule has 0 atom stereocenters. The fraction of sp³-hybridized carbons (Fsp3) is 0.286. The molecule has 0 aliphatic heterocycles. The molecule has 0 unspecified atom stereocenters. The first kappa shape index (κ1) is 16.8. The lowest BCUT2D eigenvalue weighted by atomic mass is 10.1. The molecule has 23 heavy (non-hydrogen) atoms. The van der Waals surface area contributed by atoms with Crippen LogP contribution in [0.5, 0.6) is 0 Å². The SMILES string of the molecule is Cc1ccc(N/C(=N\O)c2nonc2SCCC(N)=O)cc1C. The van der Waals surface area contributed by atoms with E-state index in [0.717, 1.165) is 16.8 Å². The number of nitrogens with two attached hydrogens (primary N) is 1. The van der Waals surface area contributed by atoms with Gasteiger partial charge in [-0.15, -0.1) is 0 Å². The second-order valence-electron chi connectivity index (χ2n) is 4.86. The summed E-state index contributed by atoms with van der Waals surface area (Å²) in [7, 11) is 0. The van der Waals surface area contributed by atoms with Gasteiger partial charge in [0.25, 0.3) is 0 Å². The predicted octanol–water partition coefficient (Wildman–Crippen LogP) is 1.90. The van der Waals surface area contributed by atoms with Gasteiger partial charge in [-0.1, -0.05) is 23.0 Å². The molecule has 0 spiro atoms. The number of aromatic nitrogens is 2. The quantitative estimate of drug-likeness (QED) is 0.242. The molecule has 1 aromatic heterocycles. The molecular weight excluding hydrogens is 318 g/mol. The van der Waals surface area contributed by atoms with Gasteiger partial charge in [-0.2, -0.15) is 0 Å². The Kier molecular flexibility index (Phi) is 5.58. The van der Waals surface area contributed by atoms with Gasteiger partial charge >= 0.3 is 0 Å². The van der Waals surface area contributed by atoms with E-state index in [-0.39, 0.29) is 18.0 Å². The van der Waals surface area contributed by atoms with Gasteiger partial charge in [0.2, 0.25) is 11.7 Å². The molecule has 8 nitrogen and oxygen atoms in total. The van der Waals surface area contributed by atoms with Crippen molar-refractivity contribution in [1.29, 1.82) is 0 Å². The number of oxime groups is 1. The van der Waals surface area contributed by atoms with Crippen LogP contribution in [0.1, 0.15) is 23.2 Å². The lowest BCUT2D eigenvalue weighted by Crippen LogP contribution is -2.15. The normalized spacial score (nSPS) is 11.5. The molecule has 122 valence electrons. The Balaban J connectivity index is 2.13. The Morgan fingerprint density at radius 1 is 1.39 bits per heavy atom. The number of nitrogens with one attached hydrogen (secondary N) is 1. The van der Waals surface area contributed by atoms with Crippen molar-refractivity contribution in [1.82, 2.24) is 10.3 Å². The van der Waals surface area contributed by atoms with Gasteiger partial charge in [-0.25, -0.2) is 4.63 Å². The summed E-state index contributed by atoms with van der Waals surface area (Å²) in [5, 5.41) is 23.4. The van der Waals surface area contributed by atoms with Crippen LogP contribution in [-0.2, 0) is 4.79 Å². The first-order chi connectivity index (χ1) is 11.0. The molecule has 0 fully saturated rings. The van der Waals surface area contributed by atoms with Crippen LogP contribution in [0.15, 0.2) is 33.0 Å². The number of primary amides is 1. The van der Waals surface area contributed by atoms with E-state index in [0.29, 0.717) is 10.8 Å². The molecule has 1 amide bonds. The van der Waals surface area contributed by atoms with Crippen LogP contribution in [0.3, 0.4) is 0 Å². The van der Waals surface area contributed by atoms with Gasteiger partial charge < -0.3 is 16.3 Å². The number of hydrogen-bond donors (Lipinski definition) is 3. The minimum Gasteiger partial charge on any atom is -0.409 e. The van der Waals surface area contributed by atoms with Gasteiger partial charge in [0, 0.05) is 17.9 Å². The zero-order valence-corrected chi connectivity index (χ0v) is 13.6. The molecule has 0 aliphatic carbocycles. The van der Waals surface area contributed by atoms with E-state index >= 15 is 0 Å². The summed E-state index contributed by atoms with van der Waals surface area (Å²) in [6.45, 7) is 3.99. The van der Waals surface area contributed by atoms with E-state index in [4.69, 9.17) is 10.4 Å². The Labute approximate surface area is 137 Å². The Bertz CT molecular complexity index is 729. The highest BCUT2D eigenvalue weighted by atomic mass is 32.2. The number of thioether (sulfide) groups is 1. The van der Waals surface area contributed by atoms with E-state index in [2.05, 4.69) is 20.8 Å². The van der Waals surface area contributed by atoms with Crippen molar-refractivity contribution in [3.8, 4) is 0 Å². The topological polar surface area (TPSA) is 127 Å². The third kappa shape index (κ3) is 4.46. The average molecular weight is 335 g/mol. The highest BCUT2D eigenvalue weighted by molar-refractivity contribution is 7.99. The first-order valence-corrected chi connectivity index (χ1v) is 7.80. The summed E-state index contributed by atoms with van der Waals surface area (Å²) in [6, 6.07) is 5.74. The molecule has 4 N–H and O–H groups in total. The average Bonchev–Trinajstić information content (AvgIpc) is 2.96. The lowest BCUT2D eigenvalue weighted by Gasteiger charge is -2.08. The number of amides is 1. The van der Waals surface area contributed by atoms with Crippen molar-refractivity contribution < 1.29 is 14.6 Å². The maximum atomic E-state index is 10.8. The molecule has 2 aromatic rings. The predicted molar refractivity (Wildman–Crippen MR) is 86.7 cm³/mol. The second kappa shape index (κ2) is 7.63. The molecular formula is C14H17N5O3S. The van der Waals surface area contributed by atoms with Crippen LogP contribution in [0.25, 0.3) is 0 Å². The monoisotopic (exact) mass is 335 g/mol. The molecule has 0 radical (unpaired) electrons. The summed E-state index contributed by atoms with van der Waals surface area (Å²) >= 11 is 1.24. The van der Waals surface area contributed by atoms with Crippen molar-refractivity contribution in [2.75, 3.05) is 11.1 Å². The molecule has 1 aromatic carbocycles. The standard InChI is InChI=1S/C14H17N5O3S/c1-8-3-4-10(7-9(8)2)16-13(17-21)12-14(19-22-18-12)23-6-5-11(15)20/h3-4,7,21H,5-6H2,1-2H3,(H2,15,20)(H,16,17). The lowest BCUT2D eigenvalue weighted by molar-refractivity contribution is -0.117. The zero-order chi connectivity index (χ0) is 16.8. The number of carbonyl (C=O) groups is 1. The highest BCUT2D eigenvalue weighted by Crippen LogP contribution is 2.22. The second-order valence-corrected chi connectivity index (χ2v) is 5.94. The Morgan fingerprint density at radius 2 is 2.17 bits per heavy atom. The van der Waals surface area contributed by atoms with Crippen molar-refractivity contribution in [3.05, 3.63) is 35.0 Å². The van der Waals surface area contributed by atoms with Gasteiger partial charge in [0.1, 0.15) is 0 Å². The number of aryl methyl sites for hydroxylation is 2. The summed E-state index contributed by atoms with van der Waals surface area (Å²) in [6.07, 6.45) is 0.202.